The highest BCUT2D eigenvalue weighted by Crippen LogP contribution is 2.23. The van der Waals surface area contributed by atoms with Crippen molar-refractivity contribution in [3.05, 3.63) is 41.4 Å². The second kappa shape index (κ2) is 10.4. The summed E-state index contributed by atoms with van der Waals surface area (Å²) in [6.45, 7) is 3.18. The van der Waals surface area contributed by atoms with E-state index in [1.807, 2.05) is 50.2 Å². The Balaban J connectivity index is 0.00000312. The van der Waals surface area contributed by atoms with Crippen LogP contribution in [0.2, 0.25) is 5.02 Å². The highest BCUT2D eigenvalue weighted by Gasteiger charge is 2.12. The van der Waals surface area contributed by atoms with Crippen LogP contribution in [0.5, 0.6) is 5.75 Å². The van der Waals surface area contributed by atoms with Crippen LogP contribution in [0, 0.1) is 0 Å². The Hall–Kier alpha value is -1.55. The minimum atomic E-state index is -0.0649. The number of guanidine groups is 1. The van der Waals surface area contributed by atoms with E-state index in [1.54, 1.807) is 18.1 Å². The van der Waals surface area contributed by atoms with Crippen LogP contribution in [0.15, 0.2) is 35.6 Å². The van der Waals surface area contributed by atoms with Gasteiger partial charge in [0.15, 0.2) is 5.96 Å². The van der Waals surface area contributed by atoms with Crippen LogP contribution >= 0.6 is 35.6 Å². The Morgan fingerprint density at radius 2 is 2.16 bits per heavy atom. The van der Waals surface area contributed by atoms with Crippen molar-refractivity contribution in [2.45, 2.75) is 19.6 Å². The van der Waals surface area contributed by atoms with E-state index in [1.165, 1.54) is 0 Å². The number of aryl methyl sites for hydroxylation is 1. The summed E-state index contributed by atoms with van der Waals surface area (Å²) >= 11 is 6.11. The van der Waals surface area contributed by atoms with Crippen molar-refractivity contribution >= 4 is 41.5 Å². The second-order valence-corrected chi connectivity index (χ2v) is 5.85. The number of aromatic nitrogens is 3. The number of ether oxygens (including phenoxy) is 1. The number of nitrogens with zero attached hydrogens (tertiary/aromatic N) is 5. The van der Waals surface area contributed by atoms with E-state index >= 15 is 0 Å². The molecule has 0 saturated heterocycles. The summed E-state index contributed by atoms with van der Waals surface area (Å²) < 4.78 is 7.59. The van der Waals surface area contributed by atoms with Gasteiger partial charge < -0.3 is 15.0 Å². The summed E-state index contributed by atoms with van der Waals surface area (Å²) in [6.07, 6.45) is 1.48. The molecular weight excluding hydrogens is 455 g/mol. The Morgan fingerprint density at radius 1 is 1.44 bits per heavy atom. The van der Waals surface area contributed by atoms with Crippen LogP contribution in [0.4, 0.5) is 0 Å². The van der Waals surface area contributed by atoms with Crippen LogP contribution in [0.1, 0.15) is 12.7 Å². The molecule has 1 atom stereocenters. The Labute approximate surface area is 170 Å². The first-order valence-corrected chi connectivity index (χ1v) is 8.05. The molecule has 1 heterocycles. The molecule has 2 aromatic rings. The van der Waals surface area contributed by atoms with Crippen LogP contribution in [0.3, 0.4) is 0 Å². The highest BCUT2D eigenvalue weighted by atomic mass is 127. The molecule has 7 nitrogen and oxygen atoms in total. The molecular formula is C16H24ClIN6O. The zero-order chi connectivity index (χ0) is 17.5. The van der Waals surface area contributed by atoms with Gasteiger partial charge in [0.1, 0.15) is 24.0 Å². The molecule has 2 rings (SSSR count). The van der Waals surface area contributed by atoms with E-state index in [2.05, 4.69) is 20.4 Å². The van der Waals surface area contributed by atoms with Gasteiger partial charge in [0.25, 0.3) is 0 Å². The van der Waals surface area contributed by atoms with Crippen molar-refractivity contribution in [2.75, 3.05) is 20.6 Å². The quantitative estimate of drug-likeness (QED) is 0.393. The van der Waals surface area contributed by atoms with E-state index in [-0.39, 0.29) is 30.1 Å². The third kappa shape index (κ3) is 6.35. The molecule has 0 radical (unpaired) electrons. The van der Waals surface area contributed by atoms with Crippen molar-refractivity contribution in [1.29, 1.82) is 0 Å². The Bertz CT molecular complexity index is 693. The summed E-state index contributed by atoms with van der Waals surface area (Å²) in [7, 11) is 5.56. The van der Waals surface area contributed by atoms with Crippen LogP contribution < -0.4 is 10.1 Å². The van der Waals surface area contributed by atoms with Gasteiger partial charge in [-0.25, -0.2) is 4.98 Å². The molecule has 25 heavy (non-hydrogen) atoms. The predicted octanol–water partition coefficient (Wildman–Crippen LogP) is 2.56. The van der Waals surface area contributed by atoms with Crippen molar-refractivity contribution in [3.8, 4) is 5.75 Å². The molecule has 1 N–H and O–H groups in total. The first-order chi connectivity index (χ1) is 11.5. The molecule has 0 aliphatic heterocycles. The lowest BCUT2D eigenvalue weighted by molar-refractivity contribution is 0.222. The lowest BCUT2D eigenvalue weighted by atomic mass is 10.3. The summed E-state index contributed by atoms with van der Waals surface area (Å²) in [5, 5.41) is 7.97. The first-order valence-electron chi connectivity index (χ1n) is 7.67. The highest BCUT2D eigenvalue weighted by molar-refractivity contribution is 14.0. The molecule has 0 bridgehead atoms. The number of hydrogen-bond donors (Lipinski definition) is 1. The van der Waals surface area contributed by atoms with E-state index in [9.17, 15) is 0 Å². The maximum atomic E-state index is 6.11. The number of rotatable bonds is 6. The van der Waals surface area contributed by atoms with Crippen molar-refractivity contribution in [3.63, 3.8) is 0 Å². The Morgan fingerprint density at radius 3 is 2.76 bits per heavy atom. The van der Waals surface area contributed by atoms with Crippen LogP contribution in [0.25, 0.3) is 0 Å². The molecule has 1 unspecified atom stereocenters. The van der Waals surface area contributed by atoms with Gasteiger partial charge in [0.05, 0.1) is 18.1 Å². The number of nitrogens with one attached hydrogen (secondary N) is 1. The number of aliphatic imine (C=N–C) groups is 1. The summed E-state index contributed by atoms with van der Waals surface area (Å²) in [6, 6.07) is 7.44. The Kier molecular flexibility index (Phi) is 8.98. The molecule has 0 saturated carbocycles. The van der Waals surface area contributed by atoms with Crippen LogP contribution in [-0.2, 0) is 13.6 Å². The van der Waals surface area contributed by atoms with E-state index < -0.39 is 0 Å². The molecule has 1 aromatic heterocycles. The molecule has 0 aliphatic rings. The van der Waals surface area contributed by atoms with E-state index in [4.69, 9.17) is 16.3 Å². The fourth-order valence-corrected chi connectivity index (χ4v) is 2.35. The molecule has 0 aliphatic carbocycles. The van der Waals surface area contributed by atoms with Gasteiger partial charge in [0, 0.05) is 21.1 Å². The number of benzene rings is 1. The smallest absolute Gasteiger partial charge is 0.193 e. The summed E-state index contributed by atoms with van der Waals surface area (Å²) in [4.78, 5) is 10.5. The van der Waals surface area contributed by atoms with Crippen molar-refractivity contribution < 1.29 is 4.74 Å². The average Bonchev–Trinajstić information content (AvgIpc) is 2.95. The van der Waals surface area contributed by atoms with Crippen molar-refractivity contribution in [1.82, 2.24) is 25.0 Å². The number of halogens is 2. The maximum absolute atomic E-state index is 6.11. The van der Waals surface area contributed by atoms with Gasteiger partial charge >= 0.3 is 0 Å². The third-order valence-corrected chi connectivity index (χ3v) is 3.78. The van der Waals surface area contributed by atoms with Crippen molar-refractivity contribution in [2.24, 2.45) is 12.0 Å². The van der Waals surface area contributed by atoms with E-state index in [0.717, 1.165) is 11.8 Å². The zero-order valence-corrected chi connectivity index (χ0v) is 17.9. The summed E-state index contributed by atoms with van der Waals surface area (Å²) in [5.74, 6) is 2.30. The summed E-state index contributed by atoms with van der Waals surface area (Å²) in [5.41, 5.74) is 0. The monoisotopic (exact) mass is 478 g/mol. The van der Waals surface area contributed by atoms with Crippen LogP contribution in [-0.4, -0.2) is 52.4 Å². The minimum Gasteiger partial charge on any atom is -0.487 e. The number of para-hydroxylation sites is 1. The van der Waals surface area contributed by atoms with Gasteiger partial charge in [-0.15, -0.1) is 24.0 Å². The predicted molar refractivity (Wildman–Crippen MR) is 111 cm³/mol. The molecule has 0 fully saturated rings. The first kappa shape index (κ1) is 21.5. The molecule has 0 amide bonds. The molecule has 1 aromatic carbocycles. The fraction of sp³-hybridized carbons (Fsp3) is 0.438. The van der Waals surface area contributed by atoms with Gasteiger partial charge in [0.2, 0.25) is 0 Å². The van der Waals surface area contributed by atoms with E-state index in [0.29, 0.717) is 23.9 Å². The largest absolute Gasteiger partial charge is 0.487 e. The SMILES string of the molecule is CN=C(NCC(C)Oc1ccccc1Cl)N(C)Cc1ncnn1C.I. The van der Waals surface area contributed by atoms with Gasteiger partial charge in [-0.3, -0.25) is 9.67 Å². The lowest BCUT2D eigenvalue weighted by Gasteiger charge is -2.23. The minimum absolute atomic E-state index is 0. The standard InChI is InChI=1S/C16H23ClN6O.HI/c1-12(24-14-8-6-5-7-13(14)17)9-19-16(18-2)22(3)10-15-20-11-21-23(15)4;/h5-8,11-12H,9-10H2,1-4H3,(H,18,19);1H. The lowest BCUT2D eigenvalue weighted by Crippen LogP contribution is -2.42. The third-order valence-electron chi connectivity index (χ3n) is 3.47. The number of hydrogen-bond acceptors (Lipinski definition) is 4. The van der Waals surface area contributed by atoms with Gasteiger partial charge in [-0.2, -0.15) is 5.10 Å². The molecule has 138 valence electrons. The normalized spacial score (nSPS) is 12.3. The zero-order valence-electron chi connectivity index (χ0n) is 14.8. The second-order valence-electron chi connectivity index (χ2n) is 5.44. The average molecular weight is 479 g/mol. The molecule has 0 spiro atoms. The van der Waals surface area contributed by atoms with Gasteiger partial charge in [-0.05, 0) is 19.1 Å². The topological polar surface area (TPSA) is 67.6 Å². The maximum Gasteiger partial charge on any atom is 0.193 e. The molecule has 9 heteroatoms. The van der Waals surface area contributed by atoms with Gasteiger partial charge in [-0.1, -0.05) is 23.7 Å². The fourth-order valence-electron chi connectivity index (χ4n) is 2.17.